The second kappa shape index (κ2) is 13.6. The average molecular weight is 595 g/mol. The highest BCUT2D eigenvalue weighted by Crippen LogP contribution is 2.37. The summed E-state index contributed by atoms with van der Waals surface area (Å²) in [5, 5.41) is 36.9. The number of aromatic hydroxyl groups is 2. The van der Waals surface area contributed by atoms with E-state index in [4.69, 9.17) is 0 Å². The summed E-state index contributed by atoms with van der Waals surface area (Å²) in [5.74, 6) is 0.149. The first kappa shape index (κ1) is 32.1. The lowest BCUT2D eigenvalue weighted by atomic mass is 9.96. The normalized spacial score (nSPS) is 14.8. The molecule has 3 aromatic rings. The van der Waals surface area contributed by atoms with Gasteiger partial charge in [-0.3, -0.25) is 4.90 Å². The number of carboxylic acid groups (broad SMARTS) is 1. The maximum absolute atomic E-state index is 12.7. The average Bonchev–Trinajstić information content (AvgIpc) is 3.31. The Labute approximate surface area is 253 Å². The third-order valence-corrected chi connectivity index (χ3v) is 7.83. The summed E-state index contributed by atoms with van der Waals surface area (Å²) < 4.78 is 1.43. The number of H-pyrrole nitrogens is 1. The van der Waals surface area contributed by atoms with Gasteiger partial charge in [0.05, 0.1) is 11.3 Å². The van der Waals surface area contributed by atoms with E-state index in [2.05, 4.69) is 40.8 Å². The maximum atomic E-state index is 12.7. The van der Waals surface area contributed by atoms with Crippen LogP contribution < -0.4 is 5.69 Å². The number of amides is 1. The summed E-state index contributed by atoms with van der Waals surface area (Å²) in [6.45, 7) is 16.8. The van der Waals surface area contributed by atoms with E-state index < -0.39 is 11.8 Å². The molecule has 1 amide bonds. The molecule has 0 unspecified atom stereocenters. The molecule has 1 aromatic heterocycles. The third kappa shape index (κ3) is 8.39. The van der Waals surface area contributed by atoms with Crippen LogP contribution in [-0.4, -0.2) is 96.7 Å². The van der Waals surface area contributed by atoms with E-state index in [-0.39, 0.29) is 28.7 Å². The lowest BCUT2D eigenvalue weighted by Gasteiger charge is -2.35. The minimum absolute atomic E-state index is 0.00422. The molecule has 11 nitrogen and oxygen atoms in total. The summed E-state index contributed by atoms with van der Waals surface area (Å²) in [5.41, 5.74) is 2.33. The van der Waals surface area contributed by atoms with Crippen LogP contribution in [0.15, 0.2) is 41.2 Å². The quantitative estimate of drug-likeness (QED) is 0.235. The van der Waals surface area contributed by atoms with Crippen molar-refractivity contribution in [1.29, 1.82) is 0 Å². The Morgan fingerprint density at radius 3 is 2.26 bits per heavy atom. The zero-order chi connectivity index (χ0) is 31.3. The number of aromatic amines is 1. The first-order valence-corrected chi connectivity index (χ1v) is 15.1. The molecule has 2 heterocycles. The number of piperazine rings is 1. The molecule has 1 saturated heterocycles. The SMILES string of the molecule is CC(C)c1cc(-c2n[nH]c(=O)n2-c2ccc(CN3CCN(CCCCN(CC(C)(C)C)C(=O)O)CC3)cc2)c(O)cc1O. The van der Waals surface area contributed by atoms with Crippen LogP contribution in [-0.2, 0) is 6.54 Å². The summed E-state index contributed by atoms with van der Waals surface area (Å²) >= 11 is 0. The number of phenolic OH excluding ortho intramolecular Hbond substituents is 2. The molecular weight excluding hydrogens is 548 g/mol. The van der Waals surface area contributed by atoms with Crippen molar-refractivity contribution in [3.05, 3.63) is 58.0 Å². The molecule has 4 rings (SSSR count). The topological polar surface area (TPSA) is 138 Å². The van der Waals surface area contributed by atoms with E-state index in [1.807, 2.05) is 38.1 Å². The monoisotopic (exact) mass is 594 g/mol. The smallest absolute Gasteiger partial charge is 0.407 e. The van der Waals surface area contributed by atoms with Crippen molar-refractivity contribution < 1.29 is 20.1 Å². The van der Waals surface area contributed by atoms with Crippen LogP contribution in [0.3, 0.4) is 0 Å². The molecule has 2 aromatic carbocycles. The number of hydrogen-bond donors (Lipinski definition) is 4. The van der Waals surface area contributed by atoms with Crippen LogP contribution in [0.2, 0.25) is 0 Å². The highest BCUT2D eigenvalue weighted by molar-refractivity contribution is 5.69. The van der Waals surface area contributed by atoms with E-state index in [1.54, 1.807) is 6.07 Å². The molecule has 234 valence electrons. The third-order valence-electron chi connectivity index (χ3n) is 7.83. The van der Waals surface area contributed by atoms with E-state index in [9.17, 15) is 24.9 Å². The molecule has 0 radical (unpaired) electrons. The van der Waals surface area contributed by atoms with E-state index in [1.165, 1.54) is 15.5 Å². The molecule has 1 aliphatic rings. The van der Waals surface area contributed by atoms with Crippen molar-refractivity contribution in [2.45, 2.75) is 59.9 Å². The number of rotatable bonds is 11. The second-order valence-electron chi connectivity index (χ2n) is 13.0. The van der Waals surface area contributed by atoms with Gasteiger partial charge in [-0.05, 0) is 60.0 Å². The zero-order valence-electron chi connectivity index (χ0n) is 26.0. The maximum Gasteiger partial charge on any atom is 0.407 e. The van der Waals surface area contributed by atoms with E-state index in [0.29, 0.717) is 29.9 Å². The van der Waals surface area contributed by atoms with Crippen molar-refractivity contribution in [3.8, 4) is 28.6 Å². The Hall–Kier alpha value is -3.83. The fourth-order valence-electron chi connectivity index (χ4n) is 5.59. The zero-order valence-corrected chi connectivity index (χ0v) is 26.0. The minimum atomic E-state index is -0.842. The van der Waals surface area contributed by atoms with Gasteiger partial charge in [0.2, 0.25) is 0 Å². The number of unbranched alkanes of at least 4 members (excludes halogenated alkanes) is 1. The summed E-state index contributed by atoms with van der Waals surface area (Å²) in [6, 6.07) is 10.7. The van der Waals surface area contributed by atoms with Gasteiger partial charge in [-0.25, -0.2) is 19.3 Å². The first-order valence-electron chi connectivity index (χ1n) is 15.1. The summed E-state index contributed by atoms with van der Waals surface area (Å²) in [4.78, 5) is 30.7. The van der Waals surface area contributed by atoms with Crippen molar-refractivity contribution in [2.75, 3.05) is 45.8 Å². The number of aromatic nitrogens is 3. The molecule has 0 spiro atoms. The fourth-order valence-corrected chi connectivity index (χ4v) is 5.59. The fraction of sp³-hybridized carbons (Fsp3) is 0.531. The lowest BCUT2D eigenvalue weighted by Crippen LogP contribution is -2.46. The van der Waals surface area contributed by atoms with Crippen LogP contribution in [0, 0.1) is 5.41 Å². The Morgan fingerprint density at radius 2 is 1.65 bits per heavy atom. The highest BCUT2D eigenvalue weighted by Gasteiger charge is 2.22. The Morgan fingerprint density at radius 1 is 1.00 bits per heavy atom. The molecule has 0 aliphatic carbocycles. The van der Waals surface area contributed by atoms with Crippen molar-refractivity contribution in [1.82, 2.24) is 29.5 Å². The van der Waals surface area contributed by atoms with E-state index >= 15 is 0 Å². The number of phenols is 2. The second-order valence-corrected chi connectivity index (χ2v) is 13.0. The van der Waals surface area contributed by atoms with Gasteiger partial charge < -0.3 is 25.1 Å². The van der Waals surface area contributed by atoms with Gasteiger partial charge in [0.1, 0.15) is 11.5 Å². The van der Waals surface area contributed by atoms with Gasteiger partial charge in [0.25, 0.3) is 0 Å². The molecular formula is C32H46N6O5. The number of hydrogen-bond acceptors (Lipinski definition) is 7. The van der Waals surface area contributed by atoms with Crippen LogP contribution in [0.4, 0.5) is 4.79 Å². The standard InChI is InChI=1S/C32H46N6O5/c1-22(2)25-18-26(28(40)19-27(25)39)29-33-34-30(41)38(29)24-10-8-23(9-11-24)20-36-16-14-35(15-17-36)12-6-7-13-37(31(42)43)21-32(3,4)5/h8-11,18-19,22,39-40H,6-7,12-17,20-21H2,1-5H3,(H,34,41)(H,42,43). The van der Waals surface area contributed by atoms with Crippen molar-refractivity contribution >= 4 is 6.09 Å². The largest absolute Gasteiger partial charge is 0.508 e. The van der Waals surface area contributed by atoms with Crippen LogP contribution in [0.5, 0.6) is 11.5 Å². The first-order chi connectivity index (χ1) is 20.3. The molecule has 1 fully saturated rings. The molecule has 43 heavy (non-hydrogen) atoms. The number of nitrogens with one attached hydrogen (secondary N) is 1. The summed E-state index contributed by atoms with van der Waals surface area (Å²) in [6.07, 6.45) is 0.998. The van der Waals surface area contributed by atoms with Gasteiger partial charge in [-0.1, -0.05) is 46.8 Å². The van der Waals surface area contributed by atoms with E-state index in [0.717, 1.165) is 57.7 Å². The van der Waals surface area contributed by atoms with Gasteiger partial charge >= 0.3 is 11.8 Å². The van der Waals surface area contributed by atoms with Crippen LogP contribution >= 0.6 is 0 Å². The minimum Gasteiger partial charge on any atom is -0.508 e. The van der Waals surface area contributed by atoms with Crippen molar-refractivity contribution in [3.63, 3.8) is 0 Å². The van der Waals surface area contributed by atoms with Crippen LogP contribution in [0.1, 0.15) is 64.5 Å². The predicted molar refractivity (Wildman–Crippen MR) is 167 cm³/mol. The summed E-state index contributed by atoms with van der Waals surface area (Å²) in [7, 11) is 0. The lowest BCUT2D eigenvalue weighted by molar-refractivity contribution is 0.116. The predicted octanol–water partition coefficient (Wildman–Crippen LogP) is 4.69. The van der Waals surface area contributed by atoms with Gasteiger partial charge in [0.15, 0.2) is 5.82 Å². The molecule has 11 heteroatoms. The number of nitrogens with zero attached hydrogens (tertiary/aromatic N) is 5. The Kier molecular flexibility index (Phi) is 10.2. The Balaban J connectivity index is 1.31. The van der Waals surface area contributed by atoms with Crippen molar-refractivity contribution in [2.24, 2.45) is 5.41 Å². The highest BCUT2D eigenvalue weighted by atomic mass is 16.4. The molecule has 0 saturated carbocycles. The molecule has 4 N–H and O–H groups in total. The molecule has 0 bridgehead atoms. The van der Waals surface area contributed by atoms with Gasteiger partial charge in [0, 0.05) is 51.9 Å². The Bertz CT molecular complexity index is 1430. The number of benzene rings is 2. The van der Waals surface area contributed by atoms with Gasteiger partial charge in [-0.2, -0.15) is 5.10 Å². The number of carbonyl (C=O) groups is 1. The molecule has 1 aliphatic heterocycles. The molecule has 0 atom stereocenters. The van der Waals surface area contributed by atoms with Crippen LogP contribution in [0.25, 0.3) is 17.1 Å². The van der Waals surface area contributed by atoms with Gasteiger partial charge in [-0.15, -0.1) is 0 Å².